The summed E-state index contributed by atoms with van der Waals surface area (Å²) >= 11 is 0. The van der Waals surface area contributed by atoms with E-state index in [9.17, 15) is 13.2 Å². The largest absolute Gasteiger partial charge is 0.338 e. The SMILES string of the molecule is CCN(CC)CC.CCS(=O)(=O)C[C@@H]1C[C@H](N(C)C(C)C)CC[C@@H]1N1CC[C@H](N)C1=O. The third-order valence-electron chi connectivity index (χ3n) is 7.24. The normalized spacial score (nSPS) is 27.2. The van der Waals surface area contributed by atoms with Crippen LogP contribution in [0.15, 0.2) is 0 Å². The van der Waals surface area contributed by atoms with Crippen molar-refractivity contribution >= 4 is 15.7 Å². The molecule has 0 radical (unpaired) electrons. The molecule has 8 heteroatoms. The number of hydrogen-bond donors (Lipinski definition) is 1. The molecular formula is C23H48N4O3S. The van der Waals surface area contributed by atoms with E-state index >= 15 is 0 Å². The number of rotatable bonds is 9. The van der Waals surface area contributed by atoms with E-state index in [1.165, 1.54) is 19.6 Å². The fourth-order valence-corrected chi connectivity index (χ4v) is 6.02. The maximum Gasteiger partial charge on any atom is 0.239 e. The van der Waals surface area contributed by atoms with Crippen molar-refractivity contribution in [3.8, 4) is 0 Å². The Balaban J connectivity index is 0.000000592. The van der Waals surface area contributed by atoms with Gasteiger partial charge in [-0.3, -0.25) is 4.79 Å². The zero-order valence-corrected chi connectivity index (χ0v) is 21.8. The summed E-state index contributed by atoms with van der Waals surface area (Å²) in [4.78, 5) is 18.9. The van der Waals surface area contributed by atoms with Gasteiger partial charge in [0.15, 0.2) is 0 Å². The number of carbonyl (C=O) groups is 1. The highest BCUT2D eigenvalue weighted by molar-refractivity contribution is 7.91. The summed E-state index contributed by atoms with van der Waals surface area (Å²) in [6.07, 6.45) is 3.38. The highest BCUT2D eigenvalue weighted by Gasteiger charge is 2.42. The van der Waals surface area contributed by atoms with Gasteiger partial charge in [0.2, 0.25) is 5.91 Å². The Kier molecular flexibility index (Phi) is 12.0. The molecule has 4 atom stereocenters. The Labute approximate surface area is 191 Å². The second-order valence-electron chi connectivity index (χ2n) is 9.30. The quantitative estimate of drug-likeness (QED) is 0.568. The van der Waals surface area contributed by atoms with Crippen molar-refractivity contribution < 1.29 is 13.2 Å². The van der Waals surface area contributed by atoms with E-state index in [-0.39, 0.29) is 29.4 Å². The monoisotopic (exact) mass is 460 g/mol. The Morgan fingerprint density at radius 1 is 1.06 bits per heavy atom. The van der Waals surface area contributed by atoms with Crippen LogP contribution in [-0.2, 0) is 14.6 Å². The first-order valence-corrected chi connectivity index (χ1v) is 14.0. The smallest absolute Gasteiger partial charge is 0.239 e. The first-order chi connectivity index (χ1) is 14.5. The van der Waals surface area contributed by atoms with E-state index in [0.717, 1.165) is 19.3 Å². The summed E-state index contributed by atoms with van der Waals surface area (Å²) in [5.41, 5.74) is 5.87. The lowest BCUT2D eigenvalue weighted by atomic mass is 9.81. The molecule has 31 heavy (non-hydrogen) atoms. The Morgan fingerprint density at radius 3 is 2.03 bits per heavy atom. The van der Waals surface area contributed by atoms with Crippen LogP contribution < -0.4 is 5.73 Å². The van der Waals surface area contributed by atoms with E-state index in [1.54, 1.807) is 6.92 Å². The summed E-state index contributed by atoms with van der Waals surface area (Å²) < 4.78 is 24.5. The number of likely N-dealkylation sites (tertiary alicyclic amines) is 1. The summed E-state index contributed by atoms with van der Waals surface area (Å²) in [5, 5.41) is 0. The van der Waals surface area contributed by atoms with Crippen LogP contribution in [0.25, 0.3) is 0 Å². The molecule has 1 aliphatic heterocycles. The van der Waals surface area contributed by atoms with E-state index in [1.807, 2.05) is 4.90 Å². The first kappa shape index (κ1) is 28.3. The van der Waals surface area contributed by atoms with Gasteiger partial charge in [-0.1, -0.05) is 27.7 Å². The van der Waals surface area contributed by atoms with Gasteiger partial charge in [-0.2, -0.15) is 0 Å². The molecule has 0 unspecified atom stereocenters. The molecule has 1 amide bonds. The summed E-state index contributed by atoms with van der Waals surface area (Å²) in [6.45, 7) is 16.8. The predicted molar refractivity (Wildman–Crippen MR) is 130 cm³/mol. The molecule has 1 saturated carbocycles. The molecule has 2 aliphatic rings. The maximum atomic E-state index is 12.3. The van der Waals surface area contributed by atoms with Crippen molar-refractivity contribution in [2.75, 3.05) is 44.7 Å². The lowest BCUT2D eigenvalue weighted by Crippen LogP contribution is -2.52. The zero-order chi connectivity index (χ0) is 23.8. The number of nitrogens with zero attached hydrogens (tertiary/aromatic N) is 3. The number of amides is 1. The van der Waals surface area contributed by atoms with Crippen LogP contribution in [0.2, 0.25) is 0 Å². The van der Waals surface area contributed by atoms with Crippen molar-refractivity contribution in [1.82, 2.24) is 14.7 Å². The molecule has 7 nitrogen and oxygen atoms in total. The fraction of sp³-hybridized carbons (Fsp3) is 0.957. The number of carbonyl (C=O) groups excluding carboxylic acids is 1. The molecule has 184 valence electrons. The van der Waals surface area contributed by atoms with Crippen LogP contribution in [0.5, 0.6) is 0 Å². The van der Waals surface area contributed by atoms with Crippen molar-refractivity contribution in [2.45, 2.75) is 91.4 Å². The highest BCUT2D eigenvalue weighted by atomic mass is 32.2. The third-order valence-corrected chi connectivity index (χ3v) is 9.05. The molecule has 2 rings (SSSR count). The maximum absolute atomic E-state index is 12.3. The number of hydrogen-bond acceptors (Lipinski definition) is 6. The molecule has 0 aromatic heterocycles. The van der Waals surface area contributed by atoms with Gasteiger partial charge in [0, 0.05) is 30.4 Å². The van der Waals surface area contributed by atoms with Crippen LogP contribution in [-0.4, -0.2) is 97.9 Å². The average molecular weight is 461 g/mol. The number of sulfone groups is 1. The van der Waals surface area contributed by atoms with Gasteiger partial charge in [-0.25, -0.2) is 8.42 Å². The lowest BCUT2D eigenvalue weighted by Gasteiger charge is -2.44. The van der Waals surface area contributed by atoms with Crippen molar-refractivity contribution in [1.29, 1.82) is 0 Å². The Bertz CT molecular complexity index is 631. The molecule has 2 N–H and O–H groups in total. The van der Waals surface area contributed by atoms with Gasteiger partial charge in [0.25, 0.3) is 0 Å². The van der Waals surface area contributed by atoms with E-state index in [0.29, 0.717) is 25.0 Å². The standard InChI is InChI=1S/C17H33N3O3S.C6H15N/c1-5-24(22,23)11-13-10-14(19(4)12(2)3)6-7-16(13)20-9-8-15(18)17(20)21;1-4-7(5-2)6-3/h12-16H,5-11,18H2,1-4H3;4-6H2,1-3H3/t13-,14+,15-,16-;/m0./s1. The molecule has 0 aromatic carbocycles. The number of nitrogens with two attached hydrogens (primary N) is 1. The summed E-state index contributed by atoms with van der Waals surface area (Å²) in [7, 11) is -0.961. The summed E-state index contributed by atoms with van der Waals surface area (Å²) in [6, 6.07) is 0.412. The van der Waals surface area contributed by atoms with Crippen LogP contribution in [0.3, 0.4) is 0 Å². The van der Waals surface area contributed by atoms with Crippen molar-refractivity contribution in [3.05, 3.63) is 0 Å². The molecule has 0 bridgehead atoms. The summed E-state index contributed by atoms with van der Waals surface area (Å²) in [5.74, 6) is 0.336. The van der Waals surface area contributed by atoms with Gasteiger partial charge < -0.3 is 20.4 Å². The van der Waals surface area contributed by atoms with Crippen LogP contribution in [0.4, 0.5) is 0 Å². The minimum atomic E-state index is -3.07. The average Bonchev–Trinajstić information content (AvgIpc) is 3.07. The topological polar surface area (TPSA) is 87.0 Å². The second-order valence-corrected chi connectivity index (χ2v) is 11.7. The molecule has 0 spiro atoms. The van der Waals surface area contributed by atoms with Gasteiger partial charge >= 0.3 is 0 Å². The minimum absolute atomic E-state index is 0.00384. The molecule has 2 fully saturated rings. The zero-order valence-electron chi connectivity index (χ0n) is 21.0. The molecular weight excluding hydrogens is 412 g/mol. The van der Waals surface area contributed by atoms with Gasteiger partial charge in [0.05, 0.1) is 11.8 Å². The third kappa shape index (κ3) is 8.30. The van der Waals surface area contributed by atoms with Gasteiger partial charge in [-0.05, 0) is 72.1 Å². The Hall–Kier alpha value is -0.700. The van der Waals surface area contributed by atoms with E-state index in [4.69, 9.17) is 5.73 Å². The highest BCUT2D eigenvalue weighted by Crippen LogP contribution is 2.34. The van der Waals surface area contributed by atoms with Gasteiger partial charge in [-0.15, -0.1) is 0 Å². The van der Waals surface area contributed by atoms with Gasteiger partial charge in [0.1, 0.15) is 9.84 Å². The molecule has 1 aliphatic carbocycles. The molecule has 0 aromatic rings. The van der Waals surface area contributed by atoms with Crippen molar-refractivity contribution in [3.63, 3.8) is 0 Å². The minimum Gasteiger partial charge on any atom is -0.338 e. The van der Waals surface area contributed by atoms with Crippen LogP contribution in [0, 0.1) is 5.92 Å². The van der Waals surface area contributed by atoms with E-state index < -0.39 is 15.9 Å². The van der Waals surface area contributed by atoms with Crippen LogP contribution in [0.1, 0.15) is 67.2 Å². The van der Waals surface area contributed by atoms with Crippen molar-refractivity contribution in [2.24, 2.45) is 11.7 Å². The fourth-order valence-electron chi connectivity index (χ4n) is 4.77. The Morgan fingerprint density at radius 2 is 1.65 bits per heavy atom. The molecule has 1 heterocycles. The predicted octanol–water partition coefficient (Wildman–Crippen LogP) is 2.21. The van der Waals surface area contributed by atoms with E-state index in [2.05, 4.69) is 51.5 Å². The molecule has 1 saturated heterocycles. The first-order valence-electron chi connectivity index (χ1n) is 12.2. The van der Waals surface area contributed by atoms with Crippen LogP contribution >= 0.6 is 0 Å². The lowest BCUT2D eigenvalue weighted by molar-refractivity contribution is -0.132. The second kappa shape index (κ2) is 13.1.